The third-order valence-corrected chi connectivity index (χ3v) is 15.1. The van der Waals surface area contributed by atoms with Crippen molar-refractivity contribution in [1.82, 2.24) is 39.8 Å². The van der Waals surface area contributed by atoms with Gasteiger partial charge in [0.05, 0.1) is 54.6 Å². The zero-order valence-electron chi connectivity index (χ0n) is 34.3. The lowest BCUT2D eigenvalue weighted by Crippen LogP contribution is -2.49. The number of tetrazole rings is 1. The number of methoxy groups -OCH3 is 3. The minimum Gasteiger partial charge on any atom is -0.497 e. The minimum absolute atomic E-state index is 0.0746. The van der Waals surface area contributed by atoms with Crippen LogP contribution in [0.1, 0.15) is 29.5 Å². The van der Waals surface area contributed by atoms with Crippen LogP contribution in [0.15, 0.2) is 113 Å². The van der Waals surface area contributed by atoms with E-state index in [0.717, 1.165) is 5.56 Å². The number of amides is 1. The van der Waals surface area contributed by atoms with E-state index in [2.05, 4.69) is 25.6 Å². The van der Waals surface area contributed by atoms with Gasteiger partial charge in [0.2, 0.25) is 15.8 Å². The summed E-state index contributed by atoms with van der Waals surface area (Å²) in [6.07, 6.45) is -1.45. The second-order valence-electron chi connectivity index (χ2n) is 14.9. The van der Waals surface area contributed by atoms with E-state index in [1.54, 1.807) is 86.0 Å². The van der Waals surface area contributed by atoms with Gasteiger partial charge < -0.3 is 35.4 Å². The fourth-order valence-corrected chi connectivity index (χ4v) is 11.9. The number of nitrogens with zero attached hydrogens (tertiary/aromatic N) is 6. The Balaban J connectivity index is 1.38. The molecule has 1 fully saturated rings. The molecule has 5 N–H and O–H groups in total. The Hall–Kier alpha value is -7.03. The van der Waals surface area contributed by atoms with Crippen LogP contribution in [0, 0.1) is 0 Å². The molecule has 0 aliphatic heterocycles. The van der Waals surface area contributed by atoms with Gasteiger partial charge in [0.25, 0.3) is 0 Å². The molecule has 2 aromatic heterocycles. The second kappa shape index (κ2) is 17.4. The molecule has 63 heavy (non-hydrogen) atoms. The summed E-state index contributed by atoms with van der Waals surface area (Å²) in [6, 6.07) is 28.2. The molecule has 8 rings (SSSR count). The summed E-state index contributed by atoms with van der Waals surface area (Å²) >= 11 is 0. The first kappa shape index (κ1) is 42.7. The Morgan fingerprint density at radius 2 is 1.38 bits per heavy atom. The van der Waals surface area contributed by atoms with Gasteiger partial charge in [-0.1, -0.05) is 54.6 Å². The van der Waals surface area contributed by atoms with E-state index in [1.807, 2.05) is 12.1 Å². The van der Waals surface area contributed by atoms with Crippen LogP contribution in [-0.2, 0) is 39.5 Å². The van der Waals surface area contributed by atoms with Crippen molar-refractivity contribution in [2.75, 3.05) is 27.1 Å². The van der Waals surface area contributed by atoms with Crippen LogP contribution in [-0.4, -0.2) is 95.1 Å². The van der Waals surface area contributed by atoms with Crippen LogP contribution in [0.2, 0.25) is 0 Å². The number of H-pyrrole nitrogens is 1. The van der Waals surface area contributed by atoms with Crippen molar-refractivity contribution < 1.29 is 40.9 Å². The van der Waals surface area contributed by atoms with E-state index in [1.165, 1.54) is 35.5 Å². The lowest BCUT2D eigenvalue weighted by molar-refractivity contribution is 0.182. The molecule has 5 aromatic carbocycles. The van der Waals surface area contributed by atoms with Gasteiger partial charge in [0, 0.05) is 24.7 Å². The number of hydrogen-bond donors (Lipinski definition) is 4. The number of rotatable bonds is 16. The highest BCUT2D eigenvalue weighted by Gasteiger charge is 2.45. The van der Waals surface area contributed by atoms with Crippen molar-refractivity contribution in [1.29, 1.82) is 0 Å². The van der Waals surface area contributed by atoms with Gasteiger partial charge >= 0.3 is 6.09 Å². The number of sulfonamides is 1. The Morgan fingerprint density at radius 1 is 0.810 bits per heavy atom. The Bertz CT molecular complexity index is 2960. The maximum Gasteiger partial charge on any atom is 0.404 e. The predicted octanol–water partition coefficient (Wildman–Crippen LogP) is 5.50. The van der Waals surface area contributed by atoms with Gasteiger partial charge in [-0.25, -0.2) is 26.6 Å². The molecule has 0 radical (unpaired) electrons. The van der Waals surface area contributed by atoms with Crippen LogP contribution < -0.4 is 25.3 Å². The third kappa shape index (κ3) is 8.72. The predicted molar refractivity (Wildman–Crippen MR) is 232 cm³/mol. The summed E-state index contributed by atoms with van der Waals surface area (Å²) in [4.78, 5) is 19.2. The van der Waals surface area contributed by atoms with Crippen molar-refractivity contribution >= 4 is 42.9 Å². The van der Waals surface area contributed by atoms with Gasteiger partial charge in [0.15, 0.2) is 15.8 Å². The molecule has 1 aliphatic rings. The second-order valence-corrected chi connectivity index (χ2v) is 19.0. The highest BCUT2D eigenvalue weighted by molar-refractivity contribution is 7.94. The van der Waals surface area contributed by atoms with Crippen molar-refractivity contribution in [2.24, 2.45) is 0 Å². The average molecular weight is 894 g/mol. The van der Waals surface area contributed by atoms with Crippen LogP contribution in [0.5, 0.6) is 17.2 Å². The number of aromatic nitrogens is 6. The van der Waals surface area contributed by atoms with E-state index >= 15 is 8.42 Å². The number of sulfone groups is 1. The first-order valence-electron chi connectivity index (χ1n) is 19.6. The molecule has 1 amide bonds. The zero-order valence-corrected chi connectivity index (χ0v) is 35.9. The standard InChI is InChI=1S/C43H43N9O9S2/c1-59-30-13-7-26(8-14-30)23-51(24-27-9-15-31(60-2)16-10-27)63(57,58)40-37(62(55,56)33-21-29(22-33)45-43(53)54)20-19-34(35-5-4-6-36-39(35)47-42(44)46-36)38(40)41-48-50-52(49-41)25-28-11-17-32(61-3)18-12-28/h4-20,29,33,45H,21-25H2,1-3H3,(H,53,54)(H3,44,46,47). The number of aromatic amines is 1. The summed E-state index contributed by atoms with van der Waals surface area (Å²) in [5.74, 6) is 1.68. The van der Waals surface area contributed by atoms with Crippen LogP contribution in [0.25, 0.3) is 33.5 Å². The lowest BCUT2D eigenvalue weighted by atomic mass is 9.92. The van der Waals surface area contributed by atoms with Crippen molar-refractivity contribution in [3.8, 4) is 39.8 Å². The van der Waals surface area contributed by atoms with E-state index in [0.29, 0.717) is 45.0 Å². The number of anilines is 1. The molecule has 0 spiro atoms. The number of benzene rings is 5. The van der Waals surface area contributed by atoms with Crippen molar-refractivity contribution in [3.05, 3.63) is 120 Å². The van der Waals surface area contributed by atoms with Gasteiger partial charge in [-0.2, -0.15) is 9.10 Å². The van der Waals surface area contributed by atoms with E-state index in [4.69, 9.17) is 25.0 Å². The topological polar surface area (TPSA) is 247 Å². The summed E-state index contributed by atoms with van der Waals surface area (Å²) in [6.45, 7) is -0.268. The summed E-state index contributed by atoms with van der Waals surface area (Å²) in [5.41, 5.74) is 9.50. The van der Waals surface area contributed by atoms with E-state index in [9.17, 15) is 18.3 Å². The molecule has 0 unspecified atom stereocenters. The number of carbonyl (C=O) groups is 1. The van der Waals surface area contributed by atoms with Gasteiger partial charge in [-0.3, -0.25) is 0 Å². The molecular weight excluding hydrogens is 851 g/mol. The van der Waals surface area contributed by atoms with Gasteiger partial charge in [-0.05, 0) is 88.8 Å². The first-order valence-corrected chi connectivity index (χ1v) is 22.6. The van der Waals surface area contributed by atoms with E-state index in [-0.39, 0.29) is 55.4 Å². The SMILES string of the molecule is COc1ccc(CN(Cc2ccc(OC)cc2)S(=O)(=O)c2c(S(=O)(=O)C3CC(NC(=O)O)C3)ccc(-c3cccc4[nH]c(N)nc34)c2-c2nnn(Cc3ccc(OC)cc3)n2)cc1. The number of fused-ring (bicyclic) bond motifs is 1. The van der Waals surface area contributed by atoms with Gasteiger partial charge in [0.1, 0.15) is 22.1 Å². The summed E-state index contributed by atoms with van der Waals surface area (Å²) in [7, 11) is -4.82. The average Bonchev–Trinajstić information content (AvgIpc) is 3.90. The van der Waals surface area contributed by atoms with Crippen molar-refractivity contribution in [3.63, 3.8) is 0 Å². The Morgan fingerprint density at radius 3 is 1.94 bits per heavy atom. The number of nitrogen functional groups attached to an aromatic ring is 1. The lowest BCUT2D eigenvalue weighted by Gasteiger charge is -2.35. The molecule has 2 heterocycles. The van der Waals surface area contributed by atoms with E-state index < -0.39 is 47.0 Å². The Kier molecular flexibility index (Phi) is 11.8. The van der Waals surface area contributed by atoms with Crippen LogP contribution in [0.4, 0.5) is 10.7 Å². The molecule has 18 nitrogen and oxygen atoms in total. The molecule has 1 saturated carbocycles. The van der Waals surface area contributed by atoms with Crippen LogP contribution >= 0.6 is 0 Å². The highest BCUT2D eigenvalue weighted by Crippen LogP contribution is 2.45. The van der Waals surface area contributed by atoms with Crippen LogP contribution in [0.3, 0.4) is 0 Å². The maximum atomic E-state index is 16.0. The largest absolute Gasteiger partial charge is 0.497 e. The summed E-state index contributed by atoms with van der Waals surface area (Å²) in [5, 5.41) is 24.0. The first-order chi connectivity index (χ1) is 30.3. The fourth-order valence-electron chi connectivity index (χ4n) is 7.58. The van der Waals surface area contributed by atoms with Crippen molar-refractivity contribution in [2.45, 2.75) is 53.6 Å². The fraction of sp³-hybridized carbons (Fsp3) is 0.233. The molecular formula is C43H43N9O9S2. The number of para-hydroxylation sites is 1. The number of hydrogen-bond acceptors (Lipinski definition) is 13. The Labute approximate surface area is 362 Å². The number of nitrogens with one attached hydrogen (secondary N) is 2. The minimum atomic E-state index is -4.91. The molecule has 326 valence electrons. The quantitative estimate of drug-likeness (QED) is 0.0936. The molecule has 0 bridgehead atoms. The number of ether oxygens (including phenoxy) is 3. The van der Waals surface area contributed by atoms with Gasteiger partial charge in [-0.15, -0.1) is 10.2 Å². The third-order valence-electron chi connectivity index (χ3n) is 10.9. The molecule has 20 heteroatoms. The molecule has 7 aromatic rings. The monoisotopic (exact) mass is 893 g/mol. The normalized spacial score (nSPS) is 15.2. The number of nitrogens with two attached hydrogens (primary N) is 1. The zero-order chi connectivity index (χ0) is 44.5. The number of imidazole rings is 1. The number of carboxylic acid groups (broad SMARTS) is 1. The highest BCUT2D eigenvalue weighted by atomic mass is 32.2. The molecule has 0 saturated heterocycles. The smallest absolute Gasteiger partial charge is 0.404 e. The molecule has 0 atom stereocenters. The molecule has 1 aliphatic carbocycles. The summed E-state index contributed by atoms with van der Waals surface area (Å²) < 4.78 is 79.1. The maximum absolute atomic E-state index is 16.0.